The van der Waals surface area contributed by atoms with Gasteiger partial charge >= 0.3 is 0 Å². The number of rotatable bonds is 6. The fourth-order valence-corrected chi connectivity index (χ4v) is 1.49. The molecular weight excluding hydrogens is 236 g/mol. The summed E-state index contributed by atoms with van der Waals surface area (Å²) in [5.41, 5.74) is 1.10. The van der Waals surface area contributed by atoms with E-state index in [9.17, 15) is 4.79 Å². The van der Waals surface area contributed by atoms with E-state index in [4.69, 9.17) is 11.6 Å². The summed E-state index contributed by atoms with van der Waals surface area (Å²) < 4.78 is 0. The lowest BCUT2D eigenvalue weighted by atomic mass is 10.1. The van der Waals surface area contributed by atoms with E-state index in [1.54, 1.807) is 6.08 Å². The Morgan fingerprint density at radius 2 is 2.12 bits per heavy atom. The first kappa shape index (κ1) is 13.7. The minimum Gasteiger partial charge on any atom is -0.352 e. The molecule has 0 aliphatic carbocycles. The van der Waals surface area contributed by atoms with Crippen molar-refractivity contribution in [1.82, 2.24) is 10.6 Å². The van der Waals surface area contributed by atoms with Crippen LogP contribution in [0.3, 0.4) is 0 Å². The van der Waals surface area contributed by atoms with Crippen LogP contribution < -0.4 is 10.6 Å². The largest absolute Gasteiger partial charge is 0.352 e. The molecule has 2 N–H and O–H groups in total. The van der Waals surface area contributed by atoms with Crippen LogP contribution in [0.25, 0.3) is 0 Å². The standard InChI is InChI=1S/C13H17ClN2O/c1-3-8-15-13(17)9-16-10(2)11-4-6-12(14)7-5-11/h3-7,10,16H,1,8-9H2,2H3,(H,15,17). The van der Waals surface area contributed by atoms with E-state index in [0.29, 0.717) is 11.6 Å². The second-order valence-electron chi connectivity index (χ2n) is 3.75. The molecule has 0 radical (unpaired) electrons. The summed E-state index contributed by atoms with van der Waals surface area (Å²) >= 11 is 5.81. The van der Waals surface area contributed by atoms with Gasteiger partial charge in [0.15, 0.2) is 0 Å². The van der Waals surface area contributed by atoms with Crippen molar-refractivity contribution in [3.8, 4) is 0 Å². The first-order chi connectivity index (χ1) is 8.13. The Kier molecular flexibility index (Phi) is 5.73. The zero-order chi connectivity index (χ0) is 12.7. The highest BCUT2D eigenvalue weighted by atomic mass is 35.5. The van der Waals surface area contributed by atoms with Crippen LogP contribution in [-0.4, -0.2) is 19.0 Å². The molecule has 0 fully saturated rings. The van der Waals surface area contributed by atoms with Gasteiger partial charge in [0.25, 0.3) is 0 Å². The zero-order valence-corrected chi connectivity index (χ0v) is 10.6. The van der Waals surface area contributed by atoms with Gasteiger partial charge in [0.2, 0.25) is 5.91 Å². The van der Waals surface area contributed by atoms with Crippen LogP contribution >= 0.6 is 11.6 Å². The van der Waals surface area contributed by atoms with Gasteiger partial charge in [0.1, 0.15) is 0 Å². The molecule has 1 rings (SSSR count). The highest BCUT2D eigenvalue weighted by Crippen LogP contribution is 2.15. The van der Waals surface area contributed by atoms with Crippen molar-refractivity contribution in [1.29, 1.82) is 0 Å². The molecule has 4 heteroatoms. The molecule has 0 aliphatic rings. The maximum absolute atomic E-state index is 11.3. The Morgan fingerprint density at radius 3 is 2.71 bits per heavy atom. The predicted octanol–water partition coefficient (Wildman–Crippen LogP) is 2.29. The average Bonchev–Trinajstić information content (AvgIpc) is 2.34. The topological polar surface area (TPSA) is 41.1 Å². The molecule has 1 unspecified atom stereocenters. The van der Waals surface area contributed by atoms with Crippen LogP contribution in [0, 0.1) is 0 Å². The van der Waals surface area contributed by atoms with Crippen LogP contribution in [0.4, 0.5) is 0 Å². The molecule has 0 saturated carbocycles. The molecule has 0 spiro atoms. The summed E-state index contributed by atoms with van der Waals surface area (Å²) in [6.45, 7) is 6.33. The van der Waals surface area contributed by atoms with Crippen molar-refractivity contribution in [2.45, 2.75) is 13.0 Å². The maximum atomic E-state index is 11.3. The van der Waals surface area contributed by atoms with Crippen molar-refractivity contribution in [2.24, 2.45) is 0 Å². The molecule has 1 atom stereocenters. The summed E-state index contributed by atoms with van der Waals surface area (Å²) in [7, 11) is 0. The normalized spacial score (nSPS) is 11.9. The minimum absolute atomic E-state index is 0.0364. The maximum Gasteiger partial charge on any atom is 0.234 e. The van der Waals surface area contributed by atoms with E-state index in [-0.39, 0.29) is 18.5 Å². The van der Waals surface area contributed by atoms with Crippen LogP contribution in [0.2, 0.25) is 5.02 Å². The molecule has 1 amide bonds. The third-order valence-corrected chi connectivity index (χ3v) is 2.63. The first-order valence-corrected chi connectivity index (χ1v) is 5.87. The Labute approximate surface area is 107 Å². The smallest absolute Gasteiger partial charge is 0.234 e. The van der Waals surface area contributed by atoms with Crippen LogP contribution in [0.1, 0.15) is 18.5 Å². The lowest BCUT2D eigenvalue weighted by Gasteiger charge is -2.13. The first-order valence-electron chi connectivity index (χ1n) is 5.50. The fourth-order valence-electron chi connectivity index (χ4n) is 1.36. The Bertz CT molecular complexity index is 376. The van der Waals surface area contributed by atoms with Gasteiger partial charge < -0.3 is 10.6 Å². The number of hydrogen-bond acceptors (Lipinski definition) is 2. The Balaban J connectivity index is 2.39. The minimum atomic E-state index is -0.0364. The highest BCUT2D eigenvalue weighted by molar-refractivity contribution is 6.30. The number of halogens is 1. The summed E-state index contributed by atoms with van der Waals surface area (Å²) in [6, 6.07) is 7.69. The summed E-state index contributed by atoms with van der Waals surface area (Å²) in [4.78, 5) is 11.3. The second-order valence-corrected chi connectivity index (χ2v) is 4.18. The number of hydrogen-bond donors (Lipinski definition) is 2. The molecule has 0 aliphatic heterocycles. The van der Waals surface area contributed by atoms with Crippen molar-refractivity contribution in [3.05, 3.63) is 47.5 Å². The summed E-state index contributed by atoms with van der Waals surface area (Å²) in [6.07, 6.45) is 1.65. The van der Waals surface area contributed by atoms with Gasteiger partial charge in [-0.1, -0.05) is 29.8 Å². The van der Waals surface area contributed by atoms with Gasteiger partial charge in [-0.2, -0.15) is 0 Å². The Morgan fingerprint density at radius 1 is 1.47 bits per heavy atom. The molecule has 17 heavy (non-hydrogen) atoms. The lowest BCUT2D eigenvalue weighted by Crippen LogP contribution is -2.35. The number of benzene rings is 1. The molecule has 1 aromatic carbocycles. The molecule has 0 heterocycles. The second kappa shape index (κ2) is 7.09. The lowest BCUT2D eigenvalue weighted by molar-refractivity contribution is -0.120. The molecule has 0 saturated heterocycles. The third-order valence-electron chi connectivity index (χ3n) is 2.38. The van der Waals surface area contributed by atoms with Crippen molar-refractivity contribution in [2.75, 3.05) is 13.1 Å². The summed E-state index contributed by atoms with van der Waals surface area (Å²) in [5, 5.41) is 6.56. The van der Waals surface area contributed by atoms with Gasteiger partial charge in [-0.05, 0) is 24.6 Å². The molecular formula is C13H17ClN2O. The zero-order valence-electron chi connectivity index (χ0n) is 9.87. The van der Waals surface area contributed by atoms with Crippen molar-refractivity contribution < 1.29 is 4.79 Å². The molecule has 0 bridgehead atoms. The molecule has 0 aromatic heterocycles. The van der Waals surface area contributed by atoms with E-state index < -0.39 is 0 Å². The molecule has 1 aromatic rings. The van der Waals surface area contributed by atoms with Gasteiger partial charge in [0, 0.05) is 17.6 Å². The van der Waals surface area contributed by atoms with Crippen LogP contribution in [0.5, 0.6) is 0 Å². The number of carbonyl (C=O) groups excluding carboxylic acids is 1. The number of nitrogens with one attached hydrogen (secondary N) is 2. The van der Waals surface area contributed by atoms with Gasteiger partial charge in [0.05, 0.1) is 6.54 Å². The van der Waals surface area contributed by atoms with E-state index in [0.717, 1.165) is 5.56 Å². The Hall–Kier alpha value is -1.32. The fraction of sp³-hybridized carbons (Fsp3) is 0.308. The molecule has 3 nitrogen and oxygen atoms in total. The SMILES string of the molecule is C=CCNC(=O)CNC(C)c1ccc(Cl)cc1. The van der Waals surface area contributed by atoms with Crippen molar-refractivity contribution in [3.63, 3.8) is 0 Å². The van der Waals surface area contributed by atoms with E-state index in [2.05, 4.69) is 17.2 Å². The average molecular weight is 253 g/mol. The van der Waals surface area contributed by atoms with Crippen LogP contribution in [-0.2, 0) is 4.79 Å². The van der Waals surface area contributed by atoms with E-state index in [1.807, 2.05) is 31.2 Å². The van der Waals surface area contributed by atoms with Gasteiger partial charge in [-0.25, -0.2) is 0 Å². The number of carbonyl (C=O) groups is 1. The van der Waals surface area contributed by atoms with E-state index >= 15 is 0 Å². The van der Waals surface area contributed by atoms with Crippen molar-refractivity contribution >= 4 is 17.5 Å². The summed E-state index contributed by atoms with van der Waals surface area (Å²) in [5.74, 6) is -0.0364. The highest BCUT2D eigenvalue weighted by Gasteiger charge is 2.06. The predicted molar refractivity (Wildman–Crippen MR) is 71.1 cm³/mol. The monoisotopic (exact) mass is 252 g/mol. The van der Waals surface area contributed by atoms with Gasteiger partial charge in [-0.3, -0.25) is 4.79 Å². The quantitative estimate of drug-likeness (QED) is 0.763. The molecule has 92 valence electrons. The number of amides is 1. The van der Waals surface area contributed by atoms with Gasteiger partial charge in [-0.15, -0.1) is 6.58 Å². The van der Waals surface area contributed by atoms with Crippen LogP contribution in [0.15, 0.2) is 36.9 Å². The van der Waals surface area contributed by atoms with E-state index in [1.165, 1.54) is 0 Å². The third kappa shape index (κ3) is 5.02.